The first kappa shape index (κ1) is 7.10. The fourth-order valence-corrected chi connectivity index (χ4v) is 1.91. The van der Waals surface area contributed by atoms with Gasteiger partial charge in [0.25, 0.3) is 0 Å². The molecule has 0 aromatic carbocycles. The van der Waals surface area contributed by atoms with Crippen LogP contribution in [0.1, 0.15) is 13.3 Å². The molecule has 2 rings (SSSR count). The molecule has 62 valence electrons. The highest BCUT2D eigenvalue weighted by Gasteiger charge is 2.46. The smallest absolute Gasteiger partial charge is 0.320 e. The summed E-state index contributed by atoms with van der Waals surface area (Å²) in [6, 6.07) is -0.275. The van der Waals surface area contributed by atoms with E-state index in [-0.39, 0.29) is 6.04 Å². The molecule has 3 heteroatoms. The number of piperidine rings is 1. The zero-order valence-corrected chi connectivity index (χ0v) is 6.66. The Balaban J connectivity index is 1.91. The van der Waals surface area contributed by atoms with Crippen molar-refractivity contribution in [1.29, 1.82) is 0 Å². The Labute approximate surface area is 66.0 Å². The number of likely N-dealkylation sites (tertiary alicyclic amines) is 1. The van der Waals surface area contributed by atoms with Gasteiger partial charge in [0.2, 0.25) is 0 Å². The maximum Gasteiger partial charge on any atom is 0.320 e. The Bertz CT molecular complexity index is 183. The molecule has 3 unspecified atom stereocenters. The lowest BCUT2D eigenvalue weighted by Crippen LogP contribution is -2.38. The maximum atomic E-state index is 10.6. The molecule has 1 saturated carbocycles. The van der Waals surface area contributed by atoms with E-state index in [2.05, 4.69) is 4.90 Å². The van der Waals surface area contributed by atoms with Crippen molar-refractivity contribution in [3.63, 3.8) is 0 Å². The number of carboxylic acids is 1. The fraction of sp³-hybridized carbons (Fsp3) is 0.875. The van der Waals surface area contributed by atoms with E-state index in [4.69, 9.17) is 5.11 Å². The van der Waals surface area contributed by atoms with Crippen LogP contribution in [0.25, 0.3) is 0 Å². The molecule has 3 nitrogen and oxygen atoms in total. The van der Waals surface area contributed by atoms with Gasteiger partial charge in [0, 0.05) is 13.1 Å². The standard InChI is InChI=1S/C8H13NO2/c1-5(8(10)11)9-3-6-2-7(6)4-9/h5-7H,2-4H2,1H3,(H,10,11). The summed E-state index contributed by atoms with van der Waals surface area (Å²) in [6.07, 6.45) is 1.34. The van der Waals surface area contributed by atoms with E-state index in [0.717, 1.165) is 24.9 Å². The number of carboxylic acid groups (broad SMARTS) is 1. The van der Waals surface area contributed by atoms with E-state index in [0.29, 0.717) is 0 Å². The van der Waals surface area contributed by atoms with Crippen molar-refractivity contribution < 1.29 is 9.90 Å². The summed E-state index contributed by atoms with van der Waals surface area (Å²) in [5.41, 5.74) is 0. The van der Waals surface area contributed by atoms with Crippen molar-refractivity contribution in [3.8, 4) is 0 Å². The van der Waals surface area contributed by atoms with E-state index in [9.17, 15) is 4.79 Å². The molecule has 1 heterocycles. The van der Waals surface area contributed by atoms with Crippen molar-refractivity contribution in [2.24, 2.45) is 11.8 Å². The number of hydrogen-bond donors (Lipinski definition) is 1. The molecule has 0 aromatic heterocycles. The van der Waals surface area contributed by atoms with E-state index in [1.54, 1.807) is 6.92 Å². The van der Waals surface area contributed by atoms with Crippen LogP contribution in [0.4, 0.5) is 0 Å². The van der Waals surface area contributed by atoms with Gasteiger partial charge in [-0.2, -0.15) is 0 Å². The highest BCUT2D eigenvalue weighted by molar-refractivity contribution is 5.72. The number of nitrogens with zero attached hydrogens (tertiary/aromatic N) is 1. The van der Waals surface area contributed by atoms with Crippen molar-refractivity contribution in [2.75, 3.05) is 13.1 Å². The van der Waals surface area contributed by atoms with Gasteiger partial charge in [-0.1, -0.05) is 0 Å². The lowest BCUT2D eigenvalue weighted by Gasteiger charge is -2.21. The van der Waals surface area contributed by atoms with Gasteiger partial charge in [-0.05, 0) is 25.2 Å². The number of rotatable bonds is 2. The monoisotopic (exact) mass is 155 g/mol. The third-order valence-electron chi connectivity index (χ3n) is 2.91. The van der Waals surface area contributed by atoms with E-state index >= 15 is 0 Å². The van der Waals surface area contributed by atoms with Crippen LogP contribution in [0.5, 0.6) is 0 Å². The van der Waals surface area contributed by atoms with Crippen molar-refractivity contribution in [2.45, 2.75) is 19.4 Å². The quantitative estimate of drug-likeness (QED) is 0.628. The lowest BCUT2D eigenvalue weighted by molar-refractivity contribution is -0.142. The first-order valence-corrected chi connectivity index (χ1v) is 4.15. The molecule has 1 aliphatic heterocycles. The van der Waals surface area contributed by atoms with Gasteiger partial charge < -0.3 is 5.11 Å². The molecular weight excluding hydrogens is 142 g/mol. The molecule has 2 fully saturated rings. The topological polar surface area (TPSA) is 40.5 Å². The molecule has 11 heavy (non-hydrogen) atoms. The summed E-state index contributed by atoms with van der Waals surface area (Å²) in [7, 11) is 0. The van der Waals surface area contributed by atoms with Crippen molar-refractivity contribution in [3.05, 3.63) is 0 Å². The molecule has 2 aliphatic rings. The Morgan fingerprint density at radius 2 is 2.09 bits per heavy atom. The van der Waals surface area contributed by atoms with Crippen LogP contribution in [0.2, 0.25) is 0 Å². The predicted molar refractivity (Wildman–Crippen MR) is 40.3 cm³/mol. The average molecular weight is 155 g/mol. The molecular formula is C8H13NO2. The van der Waals surface area contributed by atoms with Crippen LogP contribution >= 0.6 is 0 Å². The Kier molecular flexibility index (Phi) is 1.42. The molecule has 1 N–H and O–H groups in total. The van der Waals surface area contributed by atoms with E-state index in [1.165, 1.54) is 6.42 Å². The molecule has 0 aromatic rings. The van der Waals surface area contributed by atoms with Gasteiger partial charge in [-0.15, -0.1) is 0 Å². The molecule has 0 bridgehead atoms. The van der Waals surface area contributed by atoms with Crippen LogP contribution in [0.3, 0.4) is 0 Å². The number of hydrogen-bond acceptors (Lipinski definition) is 2. The Hall–Kier alpha value is -0.570. The maximum absolute atomic E-state index is 10.6. The minimum Gasteiger partial charge on any atom is -0.480 e. The molecule has 3 atom stereocenters. The normalized spacial score (nSPS) is 38.3. The van der Waals surface area contributed by atoms with Crippen LogP contribution in [0, 0.1) is 11.8 Å². The second kappa shape index (κ2) is 2.21. The van der Waals surface area contributed by atoms with Crippen LogP contribution in [-0.2, 0) is 4.79 Å². The summed E-state index contributed by atoms with van der Waals surface area (Å²) < 4.78 is 0. The third kappa shape index (κ3) is 1.13. The zero-order chi connectivity index (χ0) is 8.01. The summed E-state index contributed by atoms with van der Waals surface area (Å²) in [5, 5.41) is 8.70. The second-order valence-corrected chi connectivity index (χ2v) is 3.72. The van der Waals surface area contributed by atoms with Gasteiger partial charge in [-0.3, -0.25) is 9.69 Å². The molecule has 0 spiro atoms. The minimum atomic E-state index is -0.689. The molecule has 1 saturated heterocycles. The Morgan fingerprint density at radius 3 is 2.55 bits per heavy atom. The predicted octanol–water partition coefficient (Wildman–Crippen LogP) is 0.411. The average Bonchev–Trinajstić information content (AvgIpc) is 2.57. The highest BCUT2D eigenvalue weighted by Crippen LogP contribution is 2.45. The van der Waals surface area contributed by atoms with Crippen LogP contribution in [-0.4, -0.2) is 35.1 Å². The molecule has 0 radical (unpaired) electrons. The van der Waals surface area contributed by atoms with Crippen LogP contribution in [0.15, 0.2) is 0 Å². The first-order valence-electron chi connectivity index (χ1n) is 4.15. The third-order valence-corrected chi connectivity index (χ3v) is 2.91. The second-order valence-electron chi connectivity index (χ2n) is 3.72. The summed E-state index contributed by atoms with van der Waals surface area (Å²) in [6.45, 7) is 3.80. The zero-order valence-electron chi connectivity index (χ0n) is 6.66. The van der Waals surface area contributed by atoms with Crippen molar-refractivity contribution >= 4 is 5.97 Å². The van der Waals surface area contributed by atoms with Crippen LogP contribution < -0.4 is 0 Å². The number of carbonyl (C=O) groups is 1. The largest absolute Gasteiger partial charge is 0.480 e. The number of fused-ring (bicyclic) bond motifs is 1. The van der Waals surface area contributed by atoms with Crippen molar-refractivity contribution in [1.82, 2.24) is 4.90 Å². The highest BCUT2D eigenvalue weighted by atomic mass is 16.4. The van der Waals surface area contributed by atoms with Gasteiger partial charge in [0.15, 0.2) is 0 Å². The minimum absolute atomic E-state index is 0.275. The fourth-order valence-electron chi connectivity index (χ4n) is 1.91. The Morgan fingerprint density at radius 1 is 1.55 bits per heavy atom. The summed E-state index contributed by atoms with van der Waals surface area (Å²) in [5.74, 6) is 0.972. The van der Waals surface area contributed by atoms with Gasteiger partial charge in [0.1, 0.15) is 6.04 Å². The lowest BCUT2D eigenvalue weighted by atomic mass is 10.3. The van der Waals surface area contributed by atoms with Gasteiger partial charge in [0.05, 0.1) is 0 Å². The number of aliphatic carboxylic acids is 1. The molecule has 1 aliphatic carbocycles. The SMILES string of the molecule is CC(C(=O)O)N1CC2CC2C1. The summed E-state index contributed by atoms with van der Waals surface area (Å²) in [4.78, 5) is 12.6. The van der Waals surface area contributed by atoms with E-state index < -0.39 is 5.97 Å². The first-order chi connectivity index (χ1) is 5.18. The van der Waals surface area contributed by atoms with E-state index in [1.807, 2.05) is 0 Å². The summed E-state index contributed by atoms with van der Waals surface area (Å²) >= 11 is 0. The van der Waals surface area contributed by atoms with Gasteiger partial charge >= 0.3 is 5.97 Å². The van der Waals surface area contributed by atoms with Gasteiger partial charge in [-0.25, -0.2) is 0 Å². The molecule has 0 amide bonds.